The van der Waals surface area contributed by atoms with Crippen LogP contribution in [0.25, 0.3) is 0 Å². The van der Waals surface area contributed by atoms with E-state index < -0.39 is 54.2 Å². The average molecular weight is 364 g/mol. The standard InChI is InChI=1S/C12H20N4O7S/c13-5(4-24)10(20)15-6(1-2-8(14)17)11(21)16-7(12(22)23)3-9(18)19/h5-7,24H,1-4,13H2,(H2,14,17)(H,15,20)(H,16,21)(H,18,19)(H,22,23)/t5-,6-,7-/m0/s1. The smallest absolute Gasteiger partial charge is 0.326 e. The molecule has 0 unspecified atom stereocenters. The van der Waals surface area contributed by atoms with Gasteiger partial charge in [0.25, 0.3) is 0 Å². The Morgan fingerprint density at radius 3 is 1.96 bits per heavy atom. The van der Waals surface area contributed by atoms with Gasteiger partial charge in [-0.3, -0.25) is 19.2 Å². The Morgan fingerprint density at radius 2 is 1.54 bits per heavy atom. The number of carbonyl (C=O) groups is 5. The molecule has 0 aromatic carbocycles. The van der Waals surface area contributed by atoms with E-state index in [-0.39, 0.29) is 18.6 Å². The fourth-order valence-corrected chi connectivity index (χ4v) is 1.73. The number of carbonyl (C=O) groups excluding carboxylic acids is 3. The molecule has 0 saturated carbocycles. The van der Waals surface area contributed by atoms with Crippen LogP contribution in [0.3, 0.4) is 0 Å². The molecule has 3 amide bonds. The highest BCUT2D eigenvalue weighted by molar-refractivity contribution is 7.80. The molecule has 0 heterocycles. The van der Waals surface area contributed by atoms with Gasteiger partial charge in [0.05, 0.1) is 12.5 Å². The van der Waals surface area contributed by atoms with Crippen LogP contribution >= 0.6 is 12.6 Å². The predicted molar refractivity (Wildman–Crippen MR) is 84.0 cm³/mol. The summed E-state index contributed by atoms with van der Waals surface area (Å²) in [6.45, 7) is 0. The van der Waals surface area contributed by atoms with E-state index in [1.165, 1.54) is 0 Å². The zero-order chi connectivity index (χ0) is 18.9. The number of amides is 3. The molecule has 0 bridgehead atoms. The summed E-state index contributed by atoms with van der Waals surface area (Å²) in [6.07, 6.45) is -1.32. The van der Waals surface area contributed by atoms with Crippen molar-refractivity contribution in [1.29, 1.82) is 0 Å². The summed E-state index contributed by atoms with van der Waals surface area (Å²) >= 11 is 3.83. The molecule has 11 nitrogen and oxygen atoms in total. The molecule has 136 valence electrons. The molecule has 12 heteroatoms. The summed E-state index contributed by atoms with van der Waals surface area (Å²) in [5.41, 5.74) is 10.4. The molecule has 0 radical (unpaired) electrons. The molecule has 0 saturated heterocycles. The van der Waals surface area contributed by atoms with E-state index >= 15 is 0 Å². The summed E-state index contributed by atoms with van der Waals surface area (Å²) < 4.78 is 0. The molecular formula is C12H20N4O7S. The fourth-order valence-electron chi connectivity index (χ4n) is 1.56. The Kier molecular flexibility index (Phi) is 9.42. The summed E-state index contributed by atoms with van der Waals surface area (Å²) in [4.78, 5) is 56.3. The lowest BCUT2D eigenvalue weighted by atomic mass is 10.1. The third-order valence-corrected chi connectivity index (χ3v) is 3.23. The highest BCUT2D eigenvalue weighted by atomic mass is 32.1. The van der Waals surface area contributed by atoms with Crippen molar-refractivity contribution in [2.45, 2.75) is 37.4 Å². The van der Waals surface area contributed by atoms with Gasteiger partial charge in [0.1, 0.15) is 12.1 Å². The van der Waals surface area contributed by atoms with Crippen LogP contribution in [0, 0.1) is 0 Å². The second kappa shape index (κ2) is 10.4. The lowest BCUT2D eigenvalue weighted by Crippen LogP contribution is -2.55. The quantitative estimate of drug-likeness (QED) is 0.188. The topological polar surface area (TPSA) is 202 Å². The second-order valence-corrected chi connectivity index (χ2v) is 5.22. The number of carboxylic acids is 2. The molecule has 24 heavy (non-hydrogen) atoms. The maximum absolute atomic E-state index is 12.1. The van der Waals surface area contributed by atoms with Crippen molar-refractivity contribution in [3.63, 3.8) is 0 Å². The van der Waals surface area contributed by atoms with Gasteiger partial charge in [-0.1, -0.05) is 0 Å². The number of hydrogen-bond acceptors (Lipinski definition) is 7. The van der Waals surface area contributed by atoms with Crippen molar-refractivity contribution >= 4 is 42.3 Å². The number of aliphatic carboxylic acids is 2. The highest BCUT2D eigenvalue weighted by Gasteiger charge is 2.29. The number of primary amides is 1. The van der Waals surface area contributed by atoms with Gasteiger partial charge in [-0.25, -0.2) is 4.79 Å². The summed E-state index contributed by atoms with van der Waals surface area (Å²) in [5.74, 6) is -5.44. The van der Waals surface area contributed by atoms with Crippen LogP contribution in [0.15, 0.2) is 0 Å². The van der Waals surface area contributed by atoms with Gasteiger partial charge < -0.3 is 32.3 Å². The molecule has 0 spiro atoms. The predicted octanol–water partition coefficient (Wildman–Crippen LogP) is -2.96. The van der Waals surface area contributed by atoms with Crippen LogP contribution in [-0.4, -0.2) is 63.8 Å². The van der Waals surface area contributed by atoms with Gasteiger partial charge in [-0.15, -0.1) is 0 Å². The average Bonchev–Trinajstić information content (AvgIpc) is 2.48. The summed E-state index contributed by atoms with van der Waals surface area (Å²) in [6, 6.07) is -4.01. The van der Waals surface area contributed by atoms with Crippen molar-refractivity contribution in [2.24, 2.45) is 11.5 Å². The molecule has 0 aliphatic rings. The minimum Gasteiger partial charge on any atom is -0.481 e. The molecule has 0 fully saturated rings. The molecular weight excluding hydrogens is 344 g/mol. The zero-order valence-corrected chi connectivity index (χ0v) is 13.5. The van der Waals surface area contributed by atoms with Gasteiger partial charge in [-0.2, -0.15) is 12.6 Å². The van der Waals surface area contributed by atoms with Crippen molar-refractivity contribution in [2.75, 3.05) is 5.75 Å². The van der Waals surface area contributed by atoms with Gasteiger partial charge in [0.15, 0.2) is 0 Å². The minimum absolute atomic E-state index is 0.00719. The second-order valence-electron chi connectivity index (χ2n) is 4.85. The van der Waals surface area contributed by atoms with Crippen LogP contribution in [0.4, 0.5) is 0 Å². The maximum atomic E-state index is 12.1. The monoisotopic (exact) mass is 364 g/mol. The van der Waals surface area contributed by atoms with E-state index in [1.54, 1.807) is 0 Å². The first-order valence-corrected chi connectivity index (χ1v) is 7.41. The van der Waals surface area contributed by atoms with E-state index in [0.717, 1.165) is 0 Å². The number of nitrogens with one attached hydrogen (secondary N) is 2. The largest absolute Gasteiger partial charge is 0.481 e. The summed E-state index contributed by atoms with van der Waals surface area (Å²) in [7, 11) is 0. The summed E-state index contributed by atoms with van der Waals surface area (Å²) in [5, 5.41) is 21.8. The lowest BCUT2D eigenvalue weighted by molar-refractivity contribution is -0.147. The van der Waals surface area contributed by atoms with Crippen LogP contribution in [-0.2, 0) is 24.0 Å². The molecule has 0 aromatic heterocycles. The highest BCUT2D eigenvalue weighted by Crippen LogP contribution is 2.01. The molecule has 0 rings (SSSR count). The Bertz CT molecular complexity index is 514. The van der Waals surface area contributed by atoms with E-state index in [4.69, 9.17) is 21.7 Å². The van der Waals surface area contributed by atoms with Crippen LogP contribution in [0.2, 0.25) is 0 Å². The van der Waals surface area contributed by atoms with Gasteiger partial charge in [0.2, 0.25) is 17.7 Å². The van der Waals surface area contributed by atoms with Crippen LogP contribution < -0.4 is 22.1 Å². The Morgan fingerprint density at radius 1 is 1.00 bits per heavy atom. The SMILES string of the molecule is NC(=O)CC[C@H](NC(=O)[C@@H](N)CS)C(=O)N[C@@H](CC(=O)O)C(=O)O. The van der Waals surface area contributed by atoms with Crippen molar-refractivity contribution in [1.82, 2.24) is 10.6 Å². The molecule has 0 aromatic rings. The molecule has 3 atom stereocenters. The van der Waals surface area contributed by atoms with E-state index in [1.807, 2.05) is 5.32 Å². The molecule has 0 aliphatic heterocycles. The van der Waals surface area contributed by atoms with E-state index in [2.05, 4.69) is 17.9 Å². The molecule has 8 N–H and O–H groups in total. The third kappa shape index (κ3) is 8.33. The molecule has 0 aliphatic carbocycles. The first-order chi connectivity index (χ1) is 11.1. The van der Waals surface area contributed by atoms with Gasteiger partial charge in [-0.05, 0) is 6.42 Å². The fraction of sp³-hybridized carbons (Fsp3) is 0.583. The first-order valence-electron chi connectivity index (χ1n) is 6.78. The number of rotatable bonds is 11. The van der Waals surface area contributed by atoms with E-state index in [9.17, 15) is 24.0 Å². The maximum Gasteiger partial charge on any atom is 0.326 e. The Labute approximate surface area is 142 Å². The van der Waals surface area contributed by atoms with Crippen LogP contribution in [0.1, 0.15) is 19.3 Å². The first kappa shape index (κ1) is 21.7. The number of thiol groups is 1. The van der Waals surface area contributed by atoms with Crippen molar-refractivity contribution in [3.8, 4) is 0 Å². The third-order valence-electron chi connectivity index (χ3n) is 2.84. The van der Waals surface area contributed by atoms with Crippen molar-refractivity contribution in [3.05, 3.63) is 0 Å². The normalized spacial score (nSPS) is 14.1. The minimum atomic E-state index is -1.69. The lowest BCUT2D eigenvalue weighted by Gasteiger charge is -2.21. The van der Waals surface area contributed by atoms with Gasteiger partial charge >= 0.3 is 11.9 Å². The Hall–Kier alpha value is -2.34. The van der Waals surface area contributed by atoms with Crippen molar-refractivity contribution < 1.29 is 34.2 Å². The zero-order valence-electron chi connectivity index (χ0n) is 12.6. The number of hydrogen-bond donors (Lipinski definition) is 7. The number of nitrogens with two attached hydrogens (primary N) is 2. The Balaban J connectivity index is 5.05. The van der Waals surface area contributed by atoms with Gasteiger partial charge in [0, 0.05) is 12.2 Å². The van der Waals surface area contributed by atoms with E-state index in [0.29, 0.717) is 0 Å². The van der Waals surface area contributed by atoms with Crippen LogP contribution in [0.5, 0.6) is 0 Å². The number of carboxylic acid groups (broad SMARTS) is 2.